The summed E-state index contributed by atoms with van der Waals surface area (Å²) < 4.78 is 38.7. The Morgan fingerprint density at radius 3 is 2.37 bits per heavy atom. The van der Waals surface area contributed by atoms with Gasteiger partial charge in [-0.3, -0.25) is 9.10 Å². The van der Waals surface area contributed by atoms with Gasteiger partial charge in [0.2, 0.25) is 5.91 Å². The number of nitrogens with zero attached hydrogens (tertiary/aromatic N) is 1. The minimum absolute atomic E-state index is 0.0229. The average molecular weight is 435 g/mol. The monoisotopic (exact) mass is 434 g/mol. The number of benzene rings is 2. The molecule has 0 saturated heterocycles. The number of anilines is 1. The normalized spacial score (nSPS) is 11.2. The number of ether oxygens (including phenoxy) is 2. The number of methoxy groups -OCH3 is 1. The Morgan fingerprint density at radius 2 is 1.73 bits per heavy atom. The van der Waals surface area contributed by atoms with E-state index in [2.05, 4.69) is 5.32 Å². The Balaban J connectivity index is 2.33. The van der Waals surface area contributed by atoms with Crippen molar-refractivity contribution in [2.45, 2.75) is 32.1 Å². The lowest BCUT2D eigenvalue weighted by Crippen LogP contribution is -2.41. The van der Waals surface area contributed by atoms with E-state index in [1.165, 1.54) is 7.11 Å². The van der Waals surface area contributed by atoms with Crippen LogP contribution in [-0.2, 0) is 19.6 Å². The summed E-state index contributed by atoms with van der Waals surface area (Å²) in [7, 11) is -2.62. The van der Waals surface area contributed by atoms with Gasteiger partial charge in [-0.25, -0.2) is 8.42 Å². The molecule has 164 valence electrons. The van der Waals surface area contributed by atoms with Crippen molar-refractivity contribution in [3.05, 3.63) is 53.6 Å². The van der Waals surface area contributed by atoms with E-state index in [0.29, 0.717) is 31.9 Å². The quantitative estimate of drug-likeness (QED) is 0.550. The van der Waals surface area contributed by atoms with Gasteiger partial charge >= 0.3 is 0 Å². The van der Waals surface area contributed by atoms with Crippen LogP contribution in [0.4, 0.5) is 5.69 Å². The van der Waals surface area contributed by atoms with Gasteiger partial charge in [-0.1, -0.05) is 23.8 Å². The Morgan fingerprint density at radius 1 is 1.07 bits per heavy atom. The lowest BCUT2D eigenvalue weighted by molar-refractivity contribution is -0.119. The summed E-state index contributed by atoms with van der Waals surface area (Å²) in [5.74, 6) is -0.155. The number of sulfonamides is 1. The fourth-order valence-corrected chi connectivity index (χ4v) is 4.53. The zero-order valence-corrected chi connectivity index (χ0v) is 18.8. The molecule has 2 aromatic rings. The molecule has 7 nitrogen and oxygen atoms in total. The number of carbonyl (C=O) groups excluding carboxylic acids is 1. The maximum absolute atomic E-state index is 13.5. The molecular formula is C22H30N2O5S. The van der Waals surface area contributed by atoms with Crippen LogP contribution < -0.4 is 14.4 Å². The summed E-state index contributed by atoms with van der Waals surface area (Å²) in [5, 5.41) is 2.76. The van der Waals surface area contributed by atoms with Gasteiger partial charge < -0.3 is 14.8 Å². The summed E-state index contributed by atoms with van der Waals surface area (Å²) in [4.78, 5) is 12.6. The van der Waals surface area contributed by atoms with Crippen molar-refractivity contribution in [2.75, 3.05) is 37.7 Å². The maximum Gasteiger partial charge on any atom is 0.268 e. The molecule has 0 fully saturated rings. The van der Waals surface area contributed by atoms with Gasteiger partial charge in [0.1, 0.15) is 17.2 Å². The van der Waals surface area contributed by atoms with E-state index in [1.54, 1.807) is 37.3 Å². The van der Waals surface area contributed by atoms with Gasteiger partial charge in [-0.2, -0.15) is 0 Å². The van der Waals surface area contributed by atoms with Crippen LogP contribution in [0.2, 0.25) is 0 Å². The summed E-state index contributed by atoms with van der Waals surface area (Å²) in [5.41, 5.74) is 2.18. The SMILES string of the molecule is CCOCCCNC(=O)CN(c1ccc(C)cc1)S(=O)(=O)c1cc(C)ccc1OC. The van der Waals surface area contributed by atoms with Crippen molar-refractivity contribution in [3.8, 4) is 5.75 Å². The Labute approximate surface area is 179 Å². The second-order valence-corrected chi connectivity index (χ2v) is 8.73. The molecule has 0 aliphatic carbocycles. The fourth-order valence-electron chi connectivity index (χ4n) is 2.86. The van der Waals surface area contributed by atoms with Crippen molar-refractivity contribution < 1.29 is 22.7 Å². The van der Waals surface area contributed by atoms with Crippen molar-refractivity contribution >= 4 is 21.6 Å². The minimum atomic E-state index is -4.04. The second kappa shape index (κ2) is 11.0. The first-order valence-corrected chi connectivity index (χ1v) is 11.3. The van der Waals surface area contributed by atoms with Crippen LogP contribution in [-0.4, -0.2) is 47.7 Å². The largest absolute Gasteiger partial charge is 0.495 e. The van der Waals surface area contributed by atoms with Gasteiger partial charge in [-0.15, -0.1) is 0 Å². The van der Waals surface area contributed by atoms with Crippen molar-refractivity contribution in [1.82, 2.24) is 5.32 Å². The number of rotatable bonds is 11. The van der Waals surface area contributed by atoms with Gasteiger partial charge in [0, 0.05) is 19.8 Å². The third-order valence-corrected chi connectivity index (χ3v) is 6.28. The highest BCUT2D eigenvalue weighted by atomic mass is 32.2. The third-order valence-electron chi connectivity index (χ3n) is 4.49. The predicted molar refractivity (Wildman–Crippen MR) is 118 cm³/mol. The summed E-state index contributed by atoms with van der Waals surface area (Å²) in [6.45, 7) is 6.86. The molecule has 8 heteroatoms. The first-order chi connectivity index (χ1) is 14.3. The lowest BCUT2D eigenvalue weighted by atomic mass is 10.2. The molecule has 0 atom stereocenters. The molecule has 0 heterocycles. The van der Waals surface area contributed by atoms with E-state index in [0.717, 1.165) is 15.4 Å². The molecule has 0 aromatic heterocycles. The van der Waals surface area contributed by atoms with E-state index in [9.17, 15) is 13.2 Å². The maximum atomic E-state index is 13.5. The molecule has 0 radical (unpaired) electrons. The molecule has 0 saturated carbocycles. The van der Waals surface area contributed by atoms with E-state index in [1.807, 2.05) is 26.0 Å². The van der Waals surface area contributed by atoms with Crippen LogP contribution in [0, 0.1) is 13.8 Å². The zero-order valence-electron chi connectivity index (χ0n) is 18.0. The van der Waals surface area contributed by atoms with Gasteiger partial charge in [0.05, 0.1) is 12.8 Å². The first kappa shape index (κ1) is 23.7. The number of carbonyl (C=O) groups is 1. The van der Waals surface area contributed by atoms with E-state index in [4.69, 9.17) is 9.47 Å². The highest BCUT2D eigenvalue weighted by Crippen LogP contribution is 2.30. The number of nitrogens with one attached hydrogen (secondary N) is 1. The first-order valence-electron chi connectivity index (χ1n) is 9.88. The van der Waals surface area contributed by atoms with E-state index >= 15 is 0 Å². The third kappa shape index (κ3) is 6.21. The smallest absolute Gasteiger partial charge is 0.268 e. The molecule has 0 bridgehead atoms. The highest BCUT2D eigenvalue weighted by Gasteiger charge is 2.30. The molecule has 2 rings (SSSR count). The Hall–Kier alpha value is -2.58. The topological polar surface area (TPSA) is 84.9 Å². The lowest BCUT2D eigenvalue weighted by Gasteiger charge is -2.25. The van der Waals surface area contributed by atoms with Crippen LogP contribution >= 0.6 is 0 Å². The van der Waals surface area contributed by atoms with E-state index < -0.39 is 10.0 Å². The summed E-state index contributed by atoms with van der Waals surface area (Å²) in [6.07, 6.45) is 0.655. The molecule has 1 N–H and O–H groups in total. The number of amides is 1. The number of aryl methyl sites for hydroxylation is 2. The molecular weight excluding hydrogens is 404 g/mol. The standard InChI is InChI=1S/C22H30N2O5S/c1-5-29-14-6-13-23-22(25)16-24(19-10-7-17(2)8-11-19)30(26,27)21-15-18(3)9-12-20(21)28-4/h7-12,15H,5-6,13-14,16H2,1-4H3,(H,23,25). The fraction of sp³-hybridized carbons (Fsp3) is 0.409. The van der Waals surface area contributed by atoms with Crippen molar-refractivity contribution in [2.24, 2.45) is 0 Å². The molecule has 0 aliphatic rings. The van der Waals surface area contributed by atoms with E-state index in [-0.39, 0.29) is 23.1 Å². The number of hydrogen-bond donors (Lipinski definition) is 1. The van der Waals surface area contributed by atoms with Crippen LogP contribution in [0.1, 0.15) is 24.5 Å². The van der Waals surface area contributed by atoms with Crippen molar-refractivity contribution in [3.63, 3.8) is 0 Å². The van der Waals surface area contributed by atoms with Gasteiger partial charge in [0.15, 0.2) is 0 Å². The highest BCUT2D eigenvalue weighted by molar-refractivity contribution is 7.93. The van der Waals surface area contributed by atoms with Crippen LogP contribution in [0.15, 0.2) is 47.4 Å². The predicted octanol–water partition coefficient (Wildman–Crippen LogP) is 3.05. The van der Waals surface area contributed by atoms with Crippen LogP contribution in [0.5, 0.6) is 5.75 Å². The summed E-state index contributed by atoms with van der Waals surface area (Å²) in [6, 6.07) is 11.9. The molecule has 2 aromatic carbocycles. The molecule has 0 unspecified atom stereocenters. The molecule has 0 aliphatic heterocycles. The summed E-state index contributed by atoms with van der Waals surface area (Å²) >= 11 is 0. The Bertz CT molecular complexity index is 943. The van der Waals surface area contributed by atoms with Crippen LogP contribution in [0.3, 0.4) is 0 Å². The zero-order chi connectivity index (χ0) is 22.1. The van der Waals surface area contributed by atoms with Crippen LogP contribution in [0.25, 0.3) is 0 Å². The Kier molecular flexibility index (Phi) is 8.68. The van der Waals surface area contributed by atoms with Crippen molar-refractivity contribution in [1.29, 1.82) is 0 Å². The minimum Gasteiger partial charge on any atom is -0.495 e. The second-order valence-electron chi connectivity index (χ2n) is 6.90. The van der Waals surface area contributed by atoms with Gasteiger partial charge in [-0.05, 0) is 57.0 Å². The molecule has 30 heavy (non-hydrogen) atoms. The number of hydrogen-bond acceptors (Lipinski definition) is 5. The molecule has 1 amide bonds. The average Bonchev–Trinajstić information content (AvgIpc) is 2.72. The molecule has 0 spiro atoms. The van der Waals surface area contributed by atoms with Gasteiger partial charge in [0.25, 0.3) is 10.0 Å².